The Labute approximate surface area is 143 Å². The Morgan fingerprint density at radius 3 is 2.58 bits per heavy atom. The fraction of sp³-hybridized carbons (Fsp3) is 0.167. The monoisotopic (exact) mass is 346 g/mol. The molecule has 0 unspecified atom stereocenters. The van der Waals surface area contributed by atoms with E-state index in [1.165, 1.54) is 6.07 Å². The molecule has 3 aromatic rings. The highest BCUT2D eigenvalue weighted by molar-refractivity contribution is 6.14. The van der Waals surface area contributed by atoms with Crippen molar-refractivity contribution in [1.82, 2.24) is 9.40 Å². The van der Waals surface area contributed by atoms with E-state index in [1.807, 2.05) is 35.0 Å². The number of carboxylic acid groups (broad SMARTS) is 1. The summed E-state index contributed by atoms with van der Waals surface area (Å²) < 4.78 is 15.9. The van der Waals surface area contributed by atoms with Crippen LogP contribution in [0.4, 0.5) is 4.39 Å². The zero-order valence-corrected chi connectivity index (χ0v) is 13.5. The first-order chi connectivity index (χ1) is 11.6. The molecule has 0 fully saturated rings. The van der Waals surface area contributed by atoms with Crippen molar-refractivity contribution in [1.29, 1.82) is 0 Å². The van der Waals surface area contributed by atoms with Crippen LogP contribution in [0, 0.1) is 5.82 Å². The smallest absolute Gasteiger partial charge is 0.322 e. The highest BCUT2D eigenvalue weighted by Gasteiger charge is 2.19. The minimum atomic E-state index is -1.02. The zero-order valence-electron chi connectivity index (χ0n) is 12.7. The maximum atomic E-state index is 13.9. The third kappa shape index (κ3) is 3.27. The molecular weight excluding hydrogens is 331 g/mol. The van der Waals surface area contributed by atoms with Crippen molar-refractivity contribution in [2.45, 2.75) is 19.0 Å². The van der Waals surface area contributed by atoms with E-state index in [2.05, 4.69) is 4.84 Å². The van der Waals surface area contributed by atoms with E-state index in [9.17, 15) is 14.3 Å². The lowest BCUT2D eigenvalue weighted by Crippen LogP contribution is -2.32. The number of rotatable bonds is 6. The largest absolute Gasteiger partial charge is 0.480 e. The average molecular weight is 347 g/mol. The summed E-state index contributed by atoms with van der Waals surface area (Å²) in [6, 6.07) is 13.4. The number of halogens is 2. The van der Waals surface area contributed by atoms with Crippen LogP contribution in [-0.2, 0) is 17.8 Å². The second-order valence-electron chi connectivity index (χ2n) is 5.59. The third-order valence-electron chi connectivity index (χ3n) is 4.02. The summed E-state index contributed by atoms with van der Waals surface area (Å²) in [5, 5.41) is 10.1. The molecule has 0 amide bonds. The average Bonchev–Trinajstić information content (AvgIpc) is 2.92. The molecule has 2 aromatic carbocycles. The van der Waals surface area contributed by atoms with E-state index in [4.69, 9.17) is 11.8 Å². The molecule has 0 radical (unpaired) electrons. The molecule has 0 bridgehead atoms. The topological polar surface area (TPSA) is 54.3 Å². The molecule has 1 atom stereocenters. The lowest BCUT2D eigenvalue weighted by Gasteiger charge is -2.08. The summed E-state index contributed by atoms with van der Waals surface area (Å²) in [4.78, 5) is 13.5. The van der Waals surface area contributed by atoms with Crippen LogP contribution in [0.15, 0.2) is 54.7 Å². The van der Waals surface area contributed by atoms with Gasteiger partial charge in [0.05, 0.1) is 6.54 Å². The Morgan fingerprint density at radius 1 is 1.17 bits per heavy atom. The zero-order chi connectivity index (χ0) is 17.1. The van der Waals surface area contributed by atoms with Gasteiger partial charge in [-0.25, -0.2) is 9.23 Å². The van der Waals surface area contributed by atoms with Gasteiger partial charge in [-0.1, -0.05) is 36.4 Å². The first-order valence-corrected chi connectivity index (χ1v) is 7.87. The van der Waals surface area contributed by atoms with E-state index in [-0.39, 0.29) is 12.2 Å². The summed E-state index contributed by atoms with van der Waals surface area (Å²) in [7, 11) is 0. The van der Waals surface area contributed by atoms with Crippen molar-refractivity contribution < 1.29 is 14.3 Å². The number of hydrogen-bond donors (Lipinski definition) is 2. The second kappa shape index (κ2) is 7.03. The Morgan fingerprint density at radius 2 is 1.88 bits per heavy atom. The summed E-state index contributed by atoms with van der Waals surface area (Å²) in [6.07, 6.45) is 2.10. The summed E-state index contributed by atoms with van der Waals surface area (Å²) in [5.74, 6) is -1.28. The molecule has 0 saturated heterocycles. The Kier molecular flexibility index (Phi) is 4.83. The van der Waals surface area contributed by atoms with E-state index in [1.54, 1.807) is 18.2 Å². The number of carboxylic acids is 1. The summed E-state index contributed by atoms with van der Waals surface area (Å²) in [5.41, 5.74) is 2.35. The maximum Gasteiger partial charge on any atom is 0.322 e. The van der Waals surface area contributed by atoms with Crippen molar-refractivity contribution >= 4 is 28.6 Å². The number of para-hydroxylation sites is 1. The van der Waals surface area contributed by atoms with Crippen LogP contribution >= 0.6 is 11.8 Å². The first-order valence-electron chi connectivity index (χ1n) is 7.49. The van der Waals surface area contributed by atoms with Gasteiger partial charge in [0.2, 0.25) is 0 Å². The predicted octanol–water partition coefficient (Wildman–Crippen LogP) is 3.57. The van der Waals surface area contributed by atoms with Gasteiger partial charge in [-0.3, -0.25) is 4.79 Å². The lowest BCUT2D eigenvalue weighted by atomic mass is 10.1. The van der Waals surface area contributed by atoms with Crippen molar-refractivity contribution in [3.05, 3.63) is 71.7 Å². The van der Waals surface area contributed by atoms with E-state index >= 15 is 0 Å². The molecular formula is C18H16ClFN2O2. The minimum absolute atomic E-state index is 0.240. The van der Waals surface area contributed by atoms with Crippen LogP contribution in [0.1, 0.15) is 11.1 Å². The summed E-state index contributed by atoms with van der Waals surface area (Å²) in [6.45, 7) is 0.374. The van der Waals surface area contributed by atoms with Gasteiger partial charge in [0.1, 0.15) is 11.9 Å². The van der Waals surface area contributed by atoms with Gasteiger partial charge in [-0.2, -0.15) is 0 Å². The van der Waals surface area contributed by atoms with Crippen molar-refractivity contribution in [2.75, 3.05) is 0 Å². The number of hydrogen-bond acceptors (Lipinski definition) is 2. The fourth-order valence-electron chi connectivity index (χ4n) is 2.82. The molecule has 0 aliphatic carbocycles. The van der Waals surface area contributed by atoms with E-state index in [0.29, 0.717) is 12.1 Å². The van der Waals surface area contributed by atoms with Gasteiger partial charge in [0, 0.05) is 29.1 Å². The molecule has 1 aromatic heterocycles. The van der Waals surface area contributed by atoms with E-state index < -0.39 is 12.0 Å². The summed E-state index contributed by atoms with van der Waals surface area (Å²) >= 11 is 5.53. The number of nitrogens with zero attached hydrogens (tertiary/aromatic N) is 1. The molecule has 6 heteroatoms. The van der Waals surface area contributed by atoms with Crippen LogP contribution in [0.3, 0.4) is 0 Å². The van der Waals surface area contributed by atoms with Crippen LogP contribution < -0.4 is 4.84 Å². The van der Waals surface area contributed by atoms with Crippen LogP contribution in [-0.4, -0.2) is 21.7 Å². The maximum absolute atomic E-state index is 13.9. The molecule has 24 heavy (non-hydrogen) atoms. The minimum Gasteiger partial charge on any atom is -0.480 e. The number of carbonyl (C=O) groups is 1. The van der Waals surface area contributed by atoms with Crippen molar-refractivity contribution in [3.8, 4) is 0 Å². The normalized spacial score (nSPS) is 12.4. The standard InChI is InChI=1S/C18H16ClFN2O2/c19-21-16(18(23)24)9-13-11-22(17-8-4-2-6-14(13)17)10-12-5-1-3-7-15(12)20/h1-8,11,16,21H,9-10H2,(H,23,24)/t16-/m0/s1. The highest BCUT2D eigenvalue weighted by Crippen LogP contribution is 2.24. The number of aromatic nitrogens is 1. The second-order valence-corrected chi connectivity index (χ2v) is 5.81. The number of fused-ring (bicyclic) bond motifs is 1. The van der Waals surface area contributed by atoms with Crippen molar-refractivity contribution in [2.24, 2.45) is 0 Å². The van der Waals surface area contributed by atoms with Gasteiger partial charge in [0.15, 0.2) is 0 Å². The van der Waals surface area contributed by atoms with Gasteiger partial charge in [-0.15, -0.1) is 0 Å². The van der Waals surface area contributed by atoms with Gasteiger partial charge >= 0.3 is 5.97 Å². The number of benzene rings is 2. The lowest BCUT2D eigenvalue weighted by molar-refractivity contribution is -0.138. The predicted molar refractivity (Wildman–Crippen MR) is 91.6 cm³/mol. The molecule has 0 saturated carbocycles. The Bertz CT molecular complexity index is 878. The molecule has 0 spiro atoms. The number of nitrogens with one attached hydrogen (secondary N) is 1. The molecule has 0 aliphatic rings. The van der Waals surface area contributed by atoms with E-state index in [0.717, 1.165) is 16.5 Å². The molecule has 0 aliphatic heterocycles. The fourth-order valence-corrected chi connectivity index (χ4v) is 2.99. The van der Waals surface area contributed by atoms with Crippen LogP contribution in [0.5, 0.6) is 0 Å². The Hall–Kier alpha value is -2.37. The van der Waals surface area contributed by atoms with Gasteiger partial charge in [-0.05, 0) is 29.5 Å². The molecule has 4 nitrogen and oxygen atoms in total. The van der Waals surface area contributed by atoms with Crippen LogP contribution in [0.2, 0.25) is 0 Å². The quantitative estimate of drug-likeness (QED) is 0.671. The Balaban J connectivity index is 2.00. The third-order valence-corrected chi connectivity index (χ3v) is 4.29. The van der Waals surface area contributed by atoms with Gasteiger partial charge in [0.25, 0.3) is 0 Å². The molecule has 124 valence electrons. The highest BCUT2D eigenvalue weighted by atomic mass is 35.5. The number of aliphatic carboxylic acids is 1. The first kappa shape index (κ1) is 16.5. The molecule has 2 N–H and O–H groups in total. The van der Waals surface area contributed by atoms with Gasteiger partial charge < -0.3 is 9.67 Å². The molecule has 3 rings (SSSR count). The van der Waals surface area contributed by atoms with Crippen molar-refractivity contribution in [3.63, 3.8) is 0 Å². The molecule has 1 heterocycles. The van der Waals surface area contributed by atoms with Crippen LogP contribution in [0.25, 0.3) is 10.9 Å². The SMILES string of the molecule is O=C(O)[C@H](Cc1cn(Cc2ccccc2F)c2ccccc12)NCl.